The fraction of sp³-hybridized carbons (Fsp3) is 0.686. The van der Waals surface area contributed by atoms with E-state index in [2.05, 4.69) is 53.7 Å². The minimum atomic E-state index is -0.312. The van der Waals surface area contributed by atoms with E-state index >= 15 is 0 Å². The Morgan fingerprint density at radius 2 is 1.77 bits per heavy atom. The van der Waals surface area contributed by atoms with E-state index < -0.39 is 0 Å². The van der Waals surface area contributed by atoms with Crippen molar-refractivity contribution in [3.63, 3.8) is 0 Å². The zero-order valence-electron chi connectivity index (χ0n) is 25.3. The van der Waals surface area contributed by atoms with Gasteiger partial charge in [-0.05, 0) is 130 Å². The summed E-state index contributed by atoms with van der Waals surface area (Å²) in [6, 6.07) is 5.00. The van der Waals surface area contributed by atoms with Crippen molar-refractivity contribution in [2.45, 2.75) is 105 Å². The quantitative estimate of drug-likeness (QED) is 0.218. The van der Waals surface area contributed by atoms with Gasteiger partial charge in [0.1, 0.15) is 6.10 Å². The first-order chi connectivity index (χ1) is 18.4. The number of ether oxygens (including phenoxy) is 1. The number of allylic oxidation sites excluding steroid dienone is 3. The van der Waals surface area contributed by atoms with Crippen LogP contribution in [0.1, 0.15) is 110 Å². The molecule has 9 atom stereocenters. The van der Waals surface area contributed by atoms with Crippen molar-refractivity contribution >= 4 is 17.3 Å². The predicted molar refractivity (Wildman–Crippen MR) is 162 cm³/mol. The topological polar surface area (TPSA) is 78.3 Å². The minimum Gasteiger partial charge on any atom is -0.458 e. The lowest BCUT2D eigenvalue weighted by molar-refractivity contribution is -0.0674. The molecular weight excluding hydrogens is 480 g/mol. The molecule has 4 nitrogen and oxygen atoms in total. The first-order valence-corrected chi connectivity index (χ1v) is 15.6. The van der Waals surface area contributed by atoms with Crippen LogP contribution in [-0.4, -0.2) is 12.1 Å². The number of benzene rings is 1. The number of rotatable bonds is 6. The van der Waals surface area contributed by atoms with Crippen LogP contribution in [0.3, 0.4) is 0 Å². The van der Waals surface area contributed by atoms with E-state index in [9.17, 15) is 4.79 Å². The molecule has 9 unspecified atom stereocenters. The van der Waals surface area contributed by atoms with Crippen molar-refractivity contribution in [3.05, 3.63) is 47.1 Å². The Balaban J connectivity index is 1.30. The van der Waals surface area contributed by atoms with Gasteiger partial charge in [0.25, 0.3) is 0 Å². The van der Waals surface area contributed by atoms with Crippen molar-refractivity contribution in [1.82, 2.24) is 0 Å². The van der Waals surface area contributed by atoms with Crippen LogP contribution >= 0.6 is 0 Å². The summed E-state index contributed by atoms with van der Waals surface area (Å²) in [5.41, 5.74) is 17.0. The second-order valence-corrected chi connectivity index (χ2v) is 14.4. The monoisotopic (exact) mass is 532 g/mol. The largest absolute Gasteiger partial charge is 0.458 e. The lowest BCUT2D eigenvalue weighted by atomic mass is 9.46. The molecule has 5 rings (SSSR count). The molecule has 0 saturated heterocycles. The molecule has 1 aromatic carbocycles. The average Bonchev–Trinajstić information content (AvgIpc) is 3.22. The number of carbonyl (C=O) groups excluding carboxylic acids is 1. The Hall–Kier alpha value is -2.23. The lowest BCUT2D eigenvalue weighted by Gasteiger charge is -2.59. The molecule has 0 heterocycles. The molecule has 4 aliphatic rings. The highest BCUT2D eigenvalue weighted by Gasteiger charge is 2.60. The highest BCUT2D eigenvalue weighted by Crippen LogP contribution is 2.67. The van der Waals surface area contributed by atoms with Gasteiger partial charge >= 0.3 is 5.97 Å². The maximum absolute atomic E-state index is 13.0. The second-order valence-electron chi connectivity index (χ2n) is 14.4. The average molecular weight is 533 g/mol. The molecule has 3 fully saturated rings. The van der Waals surface area contributed by atoms with Crippen LogP contribution in [0, 0.1) is 46.3 Å². The van der Waals surface area contributed by atoms with E-state index in [1.165, 1.54) is 50.5 Å². The molecule has 4 aliphatic carbocycles. The number of anilines is 2. The lowest BCUT2D eigenvalue weighted by Crippen LogP contribution is -2.52. The number of fused-ring (bicyclic) bond motifs is 5. The van der Waals surface area contributed by atoms with E-state index in [4.69, 9.17) is 16.2 Å². The number of nitrogen functional groups attached to an aromatic ring is 2. The Bertz CT molecular complexity index is 1130. The third-order valence-electron chi connectivity index (χ3n) is 11.9. The number of carbonyl (C=O) groups is 1. The summed E-state index contributed by atoms with van der Waals surface area (Å²) in [5, 5.41) is 0. The highest BCUT2D eigenvalue weighted by molar-refractivity contribution is 5.91. The molecule has 1 aromatic rings. The molecule has 3 saturated carbocycles. The van der Waals surface area contributed by atoms with Gasteiger partial charge in [0, 0.05) is 17.3 Å². The smallest absolute Gasteiger partial charge is 0.338 e. The van der Waals surface area contributed by atoms with Gasteiger partial charge in [0.2, 0.25) is 0 Å². The molecule has 4 heteroatoms. The molecule has 0 radical (unpaired) electrons. The SMILES string of the molecule is CC(C)=CCCC(C)C1CCC2C3CC=C4C(C)C(OC(=O)c5cc(N)cc(N)c5)CCC4(C)C3CCC12C. The van der Waals surface area contributed by atoms with Crippen LogP contribution in [0.25, 0.3) is 0 Å². The van der Waals surface area contributed by atoms with Crippen molar-refractivity contribution in [3.8, 4) is 0 Å². The van der Waals surface area contributed by atoms with E-state index in [1.807, 2.05) is 0 Å². The molecule has 39 heavy (non-hydrogen) atoms. The van der Waals surface area contributed by atoms with Crippen molar-refractivity contribution < 1.29 is 9.53 Å². The standard InChI is InChI=1S/C35H52N2O2/c1-21(2)8-7-9-22(3)28-12-13-30-27-10-11-29-23(4)32(39-33(38)24-18-25(36)20-26(37)19-24)15-17-35(29,6)31(27)14-16-34(28,30)5/h8,11,18-20,22-23,27-28,30-32H,7,9-10,12-17,36-37H2,1-6H3. The van der Waals surface area contributed by atoms with Crippen LogP contribution < -0.4 is 11.5 Å². The van der Waals surface area contributed by atoms with E-state index in [0.717, 1.165) is 42.4 Å². The molecule has 0 amide bonds. The van der Waals surface area contributed by atoms with E-state index in [1.54, 1.807) is 23.8 Å². The Morgan fingerprint density at radius 1 is 1.05 bits per heavy atom. The highest BCUT2D eigenvalue weighted by atomic mass is 16.5. The fourth-order valence-corrected chi connectivity index (χ4v) is 10.0. The molecule has 4 N–H and O–H groups in total. The van der Waals surface area contributed by atoms with Gasteiger partial charge in [0.15, 0.2) is 0 Å². The molecule has 0 spiro atoms. The number of hydrogen-bond acceptors (Lipinski definition) is 4. The maximum atomic E-state index is 13.0. The van der Waals surface area contributed by atoms with E-state index in [0.29, 0.717) is 22.4 Å². The van der Waals surface area contributed by atoms with Gasteiger partial charge in [0.05, 0.1) is 5.56 Å². The van der Waals surface area contributed by atoms with Gasteiger partial charge < -0.3 is 16.2 Å². The van der Waals surface area contributed by atoms with Gasteiger partial charge in [-0.15, -0.1) is 0 Å². The summed E-state index contributed by atoms with van der Waals surface area (Å²) in [5.74, 6) is 4.00. The van der Waals surface area contributed by atoms with Crippen LogP contribution in [-0.2, 0) is 4.74 Å². The first-order valence-electron chi connectivity index (χ1n) is 15.6. The second kappa shape index (κ2) is 10.6. The van der Waals surface area contributed by atoms with E-state index in [-0.39, 0.29) is 23.4 Å². The zero-order chi connectivity index (χ0) is 28.1. The van der Waals surface area contributed by atoms with Gasteiger partial charge in [-0.3, -0.25) is 0 Å². The predicted octanol–water partition coefficient (Wildman–Crippen LogP) is 8.58. The fourth-order valence-electron chi connectivity index (χ4n) is 10.0. The maximum Gasteiger partial charge on any atom is 0.338 e. The summed E-state index contributed by atoms with van der Waals surface area (Å²) in [7, 11) is 0. The molecule has 0 bridgehead atoms. The number of hydrogen-bond donors (Lipinski definition) is 2. The van der Waals surface area contributed by atoms with Crippen LogP contribution in [0.5, 0.6) is 0 Å². The number of nitrogens with two attached hydrogens (primary N) is 2. The summed E-state index contributed by atoms with van der Waals surface area (Å²) in [6.45, 7) is 14.5. The summed E-state index contributed by atoms with van der Waals surface area (Å²) in [6.07, 6.45) is 16.3. The third kappa shape index (κ3) is 5.06. The minimum absolute atomic E-state index is 0.0950. The summed E-state index contributed by atoms with van der Waals surface area (Å²) < 4.78 is 6.11. The Labute approximate surface area is 237 Å². The van der Waals surface area contributed by atoms with Gasteiger partial charge in [-0.1, -0.05) is 51.0 Å². The zero-order valence-corrected chi connectivity index (χ0v) is 25.3. The van der Waals surface area contributed by atoms with Gasteiger partial charge in [-0.25, -0.2) is 4.79 Å². The number of esters is 1. The normalized spacial score (nSPS) is 38.1. The molecule has 0 aromatic heterocycles. The summed E-state index contributed by atoms with van der Waals surface area (Å²) in [4.78, 5) is 13.0. The van der Waals surface area contributed by atoms with Crippen molar-refractivity contribution in [2.24, 2.45) is 46.3 Å². The van der Waals surface area contributed by atoms with Crippen LogP contribution in [0.2, 0.25) is 0 Å². The molecule has 0 aliphatic heterocycles. The molecular formula is C35H52N2O2. The molecule has 214 valence electrons. The Morgan fingerprint density at radius 3 is 2.46 bits per heavy atom. The Kier molecular flexibility index (Phi) is 7.72. The van der Waals surface area contributed by atoms with Crippen molar-refractivity contribution in [2.75, 3.05) is 11.5 Å². The summed E-state index contributed by atoms with van der Waals surface area (Å²) >= 11 is 0. The first kappa shape index (κ1) is 28.3. The third-order valence-corrected chi connectivity index (χ3v) is 11.9. The van der Waals surface area contributed by atoms with Crippen molar-refractivity contribution in [1.29, 1.82) is 0 Å². The van der Waals surface area contributed by atoms with Crippen LogP contribution in [0.4, 0.5) is 11.4 Å². The van der Waals surface area contributed by atoms with Crippen LogP contribution in [0.15, 0.2) is 41.5 Å². The van der Waals surface area contributed by atoms with Gasteiger partial charge in [-0.2, -0.15) is 0 Å².